The molecule has 0 bridgehead atoms. The predicted octanol–water partition coefficient (Wildman–Crippen LogP) is 7.61. The molecular formula is C31H60O5. The number of carbonyl (C=O) groups excluding carboxylic acids is 2. The van der Waals surface area contributed by atoms with Gasteiger partial charge < -0.3 is 15.3 Å². The summed E-state index contributed by atoms with van der Waals surface area (Å²) in [5.41, 5.74) is 0. The van der Waals surface area contributed by atoms with Crippen LogP contribution < -0.4 is 0 Å². The van der Waals surface area contributed by atoms with Gasteiger partial charge in [-0.1, -0.05) is 142 Å². The smallest absolute Gasteiger partial charge is 0.164 e. The third-order valence-electron chi connectivity index (χ3n) is 7.36. The Kier molecular flexibility index (Phi) is 25.3. The van der Waals surface area contributed by atoms with Crippen LogP contribution in [0, 0.1) is 0 Å². The highest BCUT2D eigenvalue weighted by Crippen LogP contribution is 2.15. The lowest BCUT2D eigenvalue weighted by atomic mass is 9.95. The van der Waals surface area contributed by atoms with Crippen molar-refractivity contribution >= 4 is 11.6 Å². The molecule has 214 valence electrons. The maximum Gasteiger partial charge on any atom is 0.164 e. The first kappa shape index (κ1) is 35.2. The fourth-order valence-corrected chi connectivity index (χ4v) is 4.78. The molecule has 0 saturated carbocycles. The lowest BCUT2D eigenvalue weighted by Crippen LogP contribution is -2.45. The molecule has 0 heterocycles. The van der Waals surface area contributed by atoms with Crippen LogP contribution >= 0.6 is 0 Å². The van der Waals surface area contributed by atoms with Crippen LogP contribution in [0.4, 0.5) is 0 Å². The van der Waals surface area contributed by atoms with Gasteiger partial charge in [0.25, 0.3) is 0 Å². The molecule has 0 fully saturated rings. The molecule has 0 spiro atoms. The second kappa shape index (κ2) is 25.9. The zero-order valence-corrected chi connectivity index (χ0v) is 23.9. The van der Waals surface area contributed by atoms with Crippen molar-refractivity contribution in [1.82, 2.24) is 0 Å². The Balaban J connectivity index is 3.75. The predicted molar refractivity (Wildman–Crippen MR) is 150 cm³/mol. The molecule has 0 aliphatic heterocycles. The Labute approximate surface area is 222 Å². The molecule has 0 saturated heterocycles. The van der Waals surface area contributed by atoms with Crippen LogP contribution in [-0.2, 0) is 9.59 Å². The summed E-state index contributed by atoms with van der Waals surface area (Å²) >= 11 is 0. The number of Topliss-reactive ketones (excluding diaryl/α,β-unsaturated/α-hetero) is 2. The molecule has 0 aliphatic rings. The van der Waals surface area contributed by atoms with E-state index >= 15 is 0 Å². The van der Waals surface area contributed by atoms with E-state index in [1.54, 1.807) is 0 Å². The van der Waals surface area contributed by atoms with Crippen LogP contribution in [0.5, 0.6) is 0 Å². The first-order valence-corrected chi connectivity index (χ1v) is 15.5. The van der Waals surface area contributed by atoms with Crippen molar-refractivity contribution in [2.45, 2.75) is 186 Å². The molecule has 3 atom stereocenters. The van der Waals surface area contributed by atoms with Gasteiger partial charge in [0, 0.05) is 12.8 Å². The Morgan fingerprint density at radius 3 is 0.889 bits per heavy atom. The summed E-state index contributed by atoms with van der Waals surface area (Å²) in [4.78, 5) is 24.4. The van der Waals surface area contributed by atoms with E-state index in [1.165, 1.54) is 96.3 Å². The maximum atomic E-state index is 12.2. The Morgan fingerprint density at radius 2 is 0.639 bits per heavy atom. The van der Waals surface area contributed by atoms with Crippen LogP contribution in [0.2, 0.25) is 0 Å². The largest absolute Gasteiger partial charge is 0.387 e. The van der Waals surface area contributed by atoms with E-state index in [4.69, 9.17) is 0 Å². The first-order chi connectivity index (χ1) is 17.5. The van der Waals surface area contributed by atoms with Gasteiger partial charge in [0.05, 0.1) is 0 Å². The topological polar surface area (TPSA) is 94.8 Å². The van der Waals surface area contributed by atoms with Crippen molar-refractivity contribution in [3.8, 4) is 0 Å². The zero-order chi connectivity index (χ0) is 26.9. The van der Waals surface area contributed by atoms with E-state index in [9.17, 15) is 24.9 Å². The number of aliphatic hydroxyl groups excluding tert-OH is 3. The Hall–Kier alpha value is -0.780. The van der Waals surface area contributed by atoms with E-state index in [0.29, 0.717) is 12.8 Å². The van der Waals surface area contributed by atoms with Gasteiger partial charge in [-0.25, -0.2) is 0 Å². The van der Waals surface area contributed by atoms with E-state index in [2.05, 4.69) is 13.8 Å². The lowest BCUT2D eigenvalue weighted by molar-refractivity contribution is -0.146. The standard InChI is InChI=1S/C31H60O5/c1-3-5-7-9-11-13-14-15-16-18-20-22-24-26-28(33)30(35)31(36)29(34)27(32)25-23-21-19-17-12-10-8-6-4-2/h29-31,34-36H,3-26H2,1-2H3. The molecule has 3 unspecified atom stereocenters. The van der Waals surface area contributed by atoms with Gasteiger partial charge in [0.15, 0.2) is 11.6 Å². The van der Waals surface area contributed by atoms with Crippen molar-refractivity contribution in [2.24, 2.45) is 0 Å². The molecule has 5 nitrogen and oxygen atoms in total. The lowest BCUT2D eigenvalue weighted by Gasteiger charge is -2.21. The summed E-state index contributed by atoms with van der Waals surface area (Å²) in [5.74, 6) is -0.973. The van der Waals surface area contributed by atoms with Gasteiger partial charge in [-0.2, -0.15) is 0 Å². The average Bonchev–Trinajstić information content (AvgIpc) is 2.88. The molecule has 5 heteroatoms. The summed E-state index contributed by atoms with van der Waals surface area (Å²) in [5, 5.41) is 30.3. The molecular weight excluding hydrogens is 452 g/mol. The molecule has 0 aromatic carbocycles. The van der Waals surface area contributed by atoms with E-state index in [-0.39, 0.29) is 12.8 Å². The van der Waals surface area contributed by atoms with E-state index < -0.39 is 29.9 Å². The number of ketones is 2. The minimum absolute atomic E-state index is 0.174. The van der Waals surface area contributed by atoms with Gasteiger partial charge in [-0.3, -0.25) is 9.59 Å². The summed E-state index contributed by atoms with van der Waals surface area (Å²) in [6.07, 6.45) is 21.1. The number of carbonyl (C=O) groups is 2. The van der Waals surface area contributed by atoms with Crippen LogP contribution in [-0.4, -0.2) is 45.2 Å². The number of hydrogen-bond acceptors (Lipinski definition) is 5. The summed E-state index contributed by atoms with van der Waals surface area (Å²) in [6.45, 7) is 4.45. The third kappa shape index (κ3) is 20.3. The third-order valence-corrected chi connectivity index (χ3v) is 7.36. The SMILES string of the molecule is CCCCCCCCCCCCCCCC(=O)C(O)C(O)C(O)C(=O)CCCCCCCCCCC. The zero-order valence-electron chi connectivity index (χ0n) is 23.9. The fourth-order valence-electron chi connectivity index (χ4n) is 4.78. The van der Waals surface area contributed by atoms with Crippen LogP contribution in [0.1, 0.15) is 168 Å². The second-order valence-corrected chi connectivity index (χ2v) is 10.9. The minimum atomic E-state index is -1.73. The highest BCUT2D eigenvalue weighted by Gasteiger charge is 2.33. The van der Waals surface area contributed by atoms with Gasteiger partial charge in [-0.15, -0.1) is 0 Å². The monoisotopic (exact) mass is 512 g/mol. The van der Waals surface area contributed by atoms with Crippen LogP contribution in [0.15, 0.2) is 0 Å². The number of aliphatic hydroxyl groups is 3. The average molecular weight is 513 g/mol. The van der Waals surface area contributed by atoms with Crippen LogP contribution in [0.25, 0.3) is 0 Å². The normalized spacial score (nSPS) is 14.0. The maximum absolute atomic E-state index is 12.2. The highest BCUT2D eigenvalue weighted by atomic mass is 16.4. The van der Waals surface area contributed by atoms with E-state index in [0.717, 1.165) is 32.1 Å². The molecule has 0 aliphatic carbocycles. The molecule has 0 amide bonds. The van der Waals surface area contributed by atoms with Gasteiger partial charge in [0.1, 0.15) is 18.3 Å². The van der Waals surface area contributed by atoms with E-state index in [1.807, 2.05) is 0 Å². The molecule has 0 aromatic rings. The molecule has 0 radical (unpaired) electrons. The summed E-state index contributed by atoms with van der Waals surface area (Å²) in [6, 6.07) is 0. The first-order valence-electron chi connectivity index (χ1n) is 15.5. The second-order valence-electron chi connectivity index (χ2n) is 10.9. The van der Waals surface area contributed by atoms with Gasteiger partial charge in [-0.05, 0) is 12.8 Å². The summed E-state index contributed by atoms with van der Waals surface area (Å²) in [7, 11) is 0. The molecule has 0 rings (SSSR count). The number of unbranched alkanes of at least 4 members (excludes halogenated alkanes) is 20. The quantitative estimate of drug-likeness (QED) is 0.0938. The summed E-state index contributed by atoms with van der Waals surface area (Å²) < 4.78 is 0. The molecule has 36 heavy (non-hydrogen) atoms. The number of rotatable bonds is 28. The van der Waals surface area contributed by atoms with Crippen molar-refractivity contribution in [3.63, 3.8) is 0 Å². The Morgan fingerprint density at radius 1 is 0.417 bits per heavy atom. The van der Waals surface area contributed by atoms with Crippen molar-refractivity contribution in [2.75, 3.05) is 0 Å². The van der Waals surface area contributed by atoms with Gasteiger partial charge in [0.2, 0.25) is 0 Å². The number of hydrogen-bond donors (Lipinski definition) is 3. The van der Waals surface area contributed by atoms with Crippen molar-refractivity contribution < 1.29 is 24.9 Å². The minimum Gasteiger partial charge on any atom is -0.387 e. The molecule has 3 N–H and O–H groups in total. The fraction of sp³-hybridized carbons (Fsp3) is 0.935. The van der Waals surface area contributed by atoms with Crippen LogP contribution in [0.3, 0.4) is 0 Å². The molecule has 0 aromatic heterocycles. The Bertz CT molecular complexity index is 507. The van der Waals surface area contributed by atoms with Crippen molar-refractivity contribution in [3.05, 3.63) is 0 Å². The van der Waals surface area contributed by atoms with Gasteiger partial charge >= 0.3 is 0 Å². The highest BCUT2D eigenvalue weighted by molar-refractivity contribution is 5.87. The van der Waals surface area contributed by atoms with Crippen molar-refractivity contribution in [1.29, 1.82) is 0 Å².